The fraction of sp³-hybridized carbons (Fsp3) is 0.0909. The molecule has 3 aromatic carbocycles. The third-order valence-electron chi connectivity index (χ3n) is 4.38. The number of hydrogen-bond donors (Lipinski definition) is 1. The number of nitrogens with zero attached hydrogens (tertiary/aromatic N) is 2. The standard InChI is InChI=1S/C22H17N3O4S/c1-2-29-19-11-10-14(13-18(19)25(27)28)21(26)23-16-7-5-6-15(12-16)22-24-17-8-3-4-9-20(17)30-22/h3-13H,2H2,1H3,(H,23,26). The number of nitro groups is 1. The van der Waals surface area contributed by atoms with Crippen LogP contribution in [-0.2, 0) is 0 Å². The van der Waals surface area contributed by atoms with Gasteiger partial charge in [-0.05, 0) is 43.3 Å². The van der Waals surface area contributed by atoms with Crippen LogP contribution in [0.5, 0.6) is 5.75 Å². The van der Waals surface area contributed by atoms with Crippen LogP contribution in [0.1, 0.15) is 17.3 Å². The average molecular weight is 419 g/mol. The van der Waals surface area contributed by atoms with Crippen LogP contribution in [-0.4, -0.2) is 22.4 Å². The van der Waals surface area contributed by atoms with E-state index in [1.807, 2.05) is 42.5 Å². The zero-order valence-electron chi connectivity index (χ0n) is 16.0. The van der Waals surface area contributed by atoms with Crippen LogP contribution in [0.25, 0.3) is 20.8 Å². The molecular formula is C22H17N3O4S. The van der Waals surface area contributed by atoms with Gasteiger partial charge in [0.25, 0.3) is 5.91 Å². The normalized spacial score (nSPS) is 10.7. The molecule has 0 saturated heterocycles. The maximum atomic E-state index is 12.7. The number of rotatable bonds is 6. The molecule has 1 aromatic heterocycles. The predicted molar refractivity (Wildman–Crippen MR) is 117 cm³/mol. The average Bonchev–Trinajstić information content (AvgIpc) is 3.18. The first-order valence-electron chi connectivity index (χ1n) is 9.23. The van der Waals surface area contributed by atoms with E-state index in [-0.39, 0.29) is 17.0 Å². The number of carbonyl (C=O) groups is 1. The molecule has 1 heterocycles. The van der Waals surface area contributed by atoms with Crippen molar-refractivity contribution in [3.8, 4) is 16.3 Å². The summed E-state index contributed by atoms with van der Waals surface area (Å²) in [5, 5.41) is 14.9. The van der Waals surface area contributed by atoms with E-state index in [4.69, 9.17) is 4.74 Å². The van der Waals surface area contributed by atoms with Gasteiger partial charge in [-0.15, -0.1) is 11.3 Å². The van der Waals surface area contributed by atoms with Crippen LogP contribution in [0.2, 0.25) is 0 Å². The Morgan fingerprint density at radius 3 is 2.73 bits per heavy atom. The summed E-state index contributed by atoms with van der Waals surface area (Å²) in [6.45, 7) is 2.04. The first-order chi connectivity index (χ1) is 14.5. The Kier molecular flexibility index (Phi) is 5.40. The highest BCUT2D eigenvalue weighted by molar-refractivity contribution is 7.21. The third-order valence-corrected chi connectivity index (χ3v) is 5.46. The lowest BCUT2D eigenvalue weighted by atomic mass is 10.1. The number of benzene rings is 3. The van der Waals surface area contributed by atoms with Crippen LogP contribution < -0.4 is 10.1 Å². The van der Waals surface area contributed by atoms with E-state index in [0.717, 1.165) is 20.8 Å². The molecule has 0 aliphatic carbocycles. The number of ether oxygens (including phenoxy) is 1. The van der Waals surface area contributed by atoms with Crippen molar-refractivity contribution in [2.45, 2.75) is 6.92 Å². The molecule has 0 radical (unpaired) electrons. The van der Waals surface area contributed by atoms with Crippen LogP contribution >= 0.6 is 11.3 Å². The van der Waals surface area contributed by atoms with Crippen LogP contribution in [0.15, 0.2) is 66.7 Å². The van der Waals surface area contributed by atoms with E-state index in [2.05, 4.69) is 10.3 Å². The topological polar surface area (TPSA) is 94.4 Å². The summed E-state index contributed by atoms with van der Waals surface area (Å²) < 4.78 is 6.35. The fourth-order valence-electron chi connectivity index (χ4n) is 3.01. The lowest BCUT2D eigenvalue weighted by Gasteiger charge is -2.08. The second kappa shape index (κ2) is 8.30. The Morgan fingerprint density at radius 2 is 1.97 bits per heavy atom. The molecule has 7 nitrogen and oxygen atoms in total. The summed E-state index contributed by atoms with van der Waals surface area (Å²) in [5.74, 6) is -0.306. The monoisotopic (exact) mass is 419 g/mol. The molecule has 0 bridgehead atoms. The summed E-state index contributed by atoms with van der Waals surface area (Å²) in [5.41, 5.74) is 2.32. The molecule has 0 fully saturated rings. The number of anilines is 1. The van der Waals surface area contributed by atoms with E-state index in [9.17, 15) is 14.9 Å². The Morgan fingerprint density at radius 1 is 1.13 bits per heavy atom. The number of carbonyl (C=O) groups excluding carboxylic acids is 1. The Labute approximate surface area is 176 Å². The largest absolute Gasteiger partial charge is 0.487 e. The number of para-hydroxylation sites is 1. The van der Waals surface area contributed by atoms with E-state index >= 15 is 0 Å². The van der Waals surface area contributed by atoms with Gasteiger partial charge in [0.1, 0.15) is 5.01 Å². The van der Waals surface area contributed by atoms with Gasteiger partial charge in [0.2, 0.25) is 0 Å². The molecule has 4 rings (SSSR count). The Balaban J connectivity index is 1.59. The van der Waals surface area contributed by atoms with Crippen molar-refractivity contribution >= 4 is 38.8 Å². The van der Waals surface area contributed by atoms with Crippen molar-refractivity contribution in [3.05, 3.63) is 82.4 Å². The van der Waals surface area contributed by atoms with Crippen molar-refractivity contribution in [2.24, 2.45) is 0 Å². The number of fused-ring (bicyclic) bond motifs is 1. The summed E-state index contributed by atoms with van der Waals surface area (Å²) in [6, 6.07) is 19.4. The molecule has 0 atom stereocenters. The molecule has 0 aliphatic rings. The molecule has 150 valence electrons. The van der Waals surface area contributed by atoms with Gasteiger partial charge in [0, 0.05) is 22.9 Å². The minimum absolute atomic E-state index is 0.136. The van der Waals surface area contributed by atoms with Gasteiger partial charge < -0.3 is 10.1 Å². The van der Waals surface area contributed by atoms with Gasteiger partial charge in [-0.1, -0.05) is 24.3 Å². The molecule has 0 spiro atoms. The van der Waals surface area contributed by atoms with Gasteiger partial charge in [-0.3, -0.25) is 14.9 Å². The Hall–Kier alpha value is -3.78. The smallest absolute Gasteiger partial charge is 0.311 e. The summed E-state index contributed by atoms with van der Waals surface area (Å²) in [6.07, 6.45) is 0. The molecule has 8 heteroatoms. The van der Waals surface area contributed by atoms with Crippen molar-refractivity contribution < 1.29 is 14.5 Å². The van der Waals surface area contributed by atoms with E-state index < -0.39 is 10.8 Å². The van der Waals surface area contributed by atoms with E-state index in [0.29, 0.717) is 12.3 Å². The molecule has 0 saturated carbocycles. The number of amides is 1. The third kappa shape index (κ3) is 3.99. The van der Waals surface area contributed by atoms with Gasteiger partial charge in [0.05, 0.1) is 21.7 Å². The number of hydrogen-bond acceptors (Lipinski definition) is 6. The molecule has 1 N–H and O–H groups in total. The van der Waals surface area contributed by atoms with Crippen molar-refractivity contribution in [2.75, 3.05) is 11.9 Å². The zero-order valence-corrected chi connectivity index (χ0v) is 16.8. The van der Waals surface area contributed by atoms with Crippen LogP contribution in [0.4, 0.5) is 11.4 Å². The highest BCUT2D eigenvalue weighted by Gasteiger charge is 2.19. The van der Waals surface area contributed by atoms with Gasteiger partial charge >= 0.3 is 5.69 Å². The molecule has 0 unspecified atom stereocenters. The molecule has 30 heavy (non-hydrogen) atoms. The summed E-state index contributed by atoms with van der Waals surface area (Å²) >= 11 is 1.57. The highest BCUT2D eigenvalue weighted by Crippen LogP contribution is 2.32. The van der Waals surface area contributed by atoms with Crippen LogP contribution in [0, 0.1) is 10.1 Å². The lowest BCUT2D eigenvalue weighted by molar-refractivity contribution is -0.385. The van der Waals surface area contributed by atoms with Crippen LogP contribution in [0.3, 0.4) is 0 Å². The Bertz CT molecular complexity index is 1220. The van der Waals surface area contributed by atoms with E-state index in [1.54, 1.807) is 24.3 Å². The zero-order chi connectivity index (χ0) is 21.1. The summed E-state index contributed by atoms with van der Waals surface area (Å²) in [7, 11) is 0. The second-order valence-corrected chi connectivity index (χ2v) is 7.42. The van der Waals surface area contributed by atoms with Gasteiger partial charge in [-0.25, -0.2) is 4.98 Å². The SMILES string of the molecule is CCOc1ccc(C(=O)Nc2cccc(-c3nc4ccccc4s3)c2)cc1[N+](=O)[O-]. The highest BCUT2D eigenvalue weighted by atomic mass is 32.1. The predicted octanol–water partition coefficient (Wildman–Crippen LogP) is 5.52. The molecule has 1 amide bonds. The van der Waals surface area contributed by atoms with Gasteiger partial charge in [0.15, 0.2) is 5.75 Å². The lowest BCUT2D eigenvalue weighted by Crippen LogP contribution is -2.12. The van der Waals surface area contributed by atoms with Gasteiger partial charge in [-0.2, -0.15) is 0 Å². The maximum absolute atomic E-state index is 12.7. The summed E-state index contributed by atoms with van der Waals surface area (Å²) in [4.78, 5) is 28.0. The van der Waals surface area contributed by atoms with E-state index in [1.165, 1.54) is 18.2 Å². The minimum Gasteiger partial charge on any atom is -0.487 e. The molecular weight excluding hydrogens is 402 g/mol. The van der Waals surface area contributed by atoms with Crippen molar-refractivity contribution in [1.29, 1.82) is 0 Å². The first-order valence-corrected chi connectivity index (χ1v) is 10.1. The second-order valence-electron chi connectivity index (χ2n) is 6.39. The first kappa shape index (κ1) is 19.5. The molecule has 0 aliphatic heterocycles. The maximum Gasteiger partial charge on any atom is 0.311 e. The number of aromatic nitrogens is 1. The fourth-order valence-corrected chi connectivity index (χ4v) is 3.97. The quantitative estimate of drug-likeness (QED) is 0.328. The number of nitrogens with one attached hydrogen (secondary N) is 1. The number of thiazole rings is 1. The molecule has 4 aromatic rings. The van der Waals surface area contributed by atoms with Crippen molar-refractivity contribution in [3.63, 3.8) is 0 Å². The van der Waals surface area contributed by atoms with Crippen molar-refractivity contribution in [1.82, 2.24) is 4.98 Å². The number of nitro benzene ring substituents is 1. The minimum atomic E-state index is -0.560.